The molecular formula is C15H26N2OS. The van der Waals surface area contributed by atoms with E-state index in [1.54, 1.807) is 11.3 Å². The maximum absolute atomic E-state index is 10.7. The van der Waals surface area contributed by atoms with Gasteiger partial charge in [-0.25, -0.2) is 4.98 Å². The smallest absolute Gasteiger partial charge is 0.122 e. The van der Waals surface area contributed by atoms with Gasteiger partial charge in [0.15, 0.2) is 0 Å². The molecule has 3 nitrogen and oxygen atoms in total. The lowest BCUT2D eigenvalue weighted by molar-refractivity contribution is -0.0110. The number of aryl methyl sites for hydroxylation is 1. The van der Waals surface area contributed by atoms with E-state index in [1.165, 1.54) is 25.7 Å². The Morgan fingerprint density at radius 3 is 2.68 bits per heavy atom. The Morgan fingerprint density at radius 1 is 1.53 bits per heavy atom. The van der Waals surface area contributed by atoms with Gasteiger partial charge < -0.3 is 10.8 Å². The SMILES string of the molecule is CCCC1CCC(CN)(C(O)c2nc(C)cs2)CC1. The maximum atomic E-state index is 10.7. The van der Waals surface area contributed by atoms with Gasteiger partial charge >= 0.3 is 0 Å². The second kappa shape index (κ2) is 6.33. The zero-order chi connectivity index (χ0) is 13.9. The quantitative estimate of drug-likeness (QED) is 0.870. The molecule has 1 aromatic rings. The van der Waals surface area contributed by atoms with Crippen molar-refractivity contribution < 1.29 is 5.11 Å². The molecule has 19 heavy (non-hydrogen) atoms. The zero-order valence-electron chi connectivity index (χ0n) is 12.1. The topological polar surface area (TPSA) is 59.1 Å². The van der Waals surface area contributed by atoms with Crippen LogP contribution in [0.3, 0.4) is 0 Å². The third-order valence-corrected chi connectivity index (χ3v) is 5.67. The number of nitrogens with zero attached hydrogens (tertiary/aromatic N) is 1. The number of aliphatic hydroxyl groups excluding tert-OH is 1. The molecule has 108 valence electrons. The van der Waals surface area contributed by atoms with Gasteiger partial charge in [-0.05, 0) is 38.5 Å². The molecule has 0 spiro atoms. The summed E-state index contributed by atoms with van der Waals surface area (Å²) in [5.74, 6) is 0.829. The van der Waals surface area contributed by atoms with Crippen LogP contribution >= 0.6 is 11.3 Å². The monoisotopic (exact) mass is 282 g/mol. The van der Waals surface area contributed by atoms with Gasteiger partial charge in [0, 0.05) is 23.0 Å². The van der Waals surface area contributed by atoms with E-state index in [-0.39, 0.29) is 5.41 Å². The molecule has 0 bridgehead atoms. The standard InChI is InChI=1S/C15H26N2OS/c1-3-4-12-5-7-15(10-16,8-6-12)13(18)14-17-11(2)9-19-14/h9,12-13,18H,3-8,10,16H2,1-2H3. The highest BCUT2D eigenvalue weighted by atomic mass is 32.1. The van der Waals surface area contributed by atoms with Gasteiger partial charge in [0.25, 0.3) is 0 Å². The van der Waals surface area contributed by atoms with Crippen molar-refractivity contribution in [3.05, 3.63) is 16.1 Å². The summed E-state index contributed by atoms with van der Waals surface area (Å²) in [6, 6.07) is 0. The minimum Gasteiger partial charge on any atom is -0.385 e. The highest BCUT2D eigenvalue weighted by Gasteiger charge is 2.41. The summed E-state index contributed by atoms with van der Waals surface area (Å²) < 4.78 is 0. The van der Waals surface area contributed by atoms with Gasteiger partial charge in [-0.15, -0.1) is 11.3 Å². The Kier molecular flexibility index (Phi) is 4.98. The van der Waals surface area contributed by atoms with Crippen molar-refractivity contribution >= 4 is 11.3 Å². The van der Waals surface area contributed by atoms with E-state index < -0.39 is 6.10 Å². The average molecular weight is 282 g/mol. The summed E-state index contributed by atoms with van der Waals surface area (Å²) in [5.41, 5.74) is 6.87. The first-order valence-corrected chi connectivity index (χ1v) is 8.29. The molecule has 1 fully saturated rings. The van der Waals surface area contributed by atoms with E-state index in [2.05, 4.69) is 11.9 Å². The predicted molar refractivity (Wildman–Crippen MR) is 80.2 cm³/mol. The normalized spacial score (nSPS) is 29.4. The van der Waals surface area contributed by atoms with Crippen molar-refractivity contribution in [3.8, 4) is 0 Å². The molecular weight excluding hydrogens is 256 g/mol. The third-order valence-electron chi connectivity index (χ3n) is 4.66. The third kappa shape index (κ3) is 3.18. The number of aliphatic hydroxyl groups is 1. The van der Waals surface area contributed by atoms with Crippen molar-refractivity contribution in [2.45, 2.75) is 58.5 Å². The van der Waals surface area contributed by atoms with Crippen LogP contribution in [0.1, 0.15) is 62.3 Å². The van der Waals surface area contributed by atoms with Crippen molar-refractivity contribution in [2.24, 2.45) is 17.1 Å². The number of hydrogen-bond acceptors (Lipinski definition) is 4. The fourth-order valence-corrected chi connectivity index (χ4v) is 4.22. The largest absolute Gasteiger partial charge is 0.385 e. The molecule has 4 heteroatoms. The van der Waals surface area contributed by atoms with Crippen LogP contribution < -0.4 is 5.73 Å². The average Bonchev–Trinajstić information content (AvgIpc) is 2.86. The summed E-state index contributed by atoms with van der Waals surface area (Å²) in [5, 5.41) is 13.5. The Labute approximate surface area is 120 Å². The van der Waals surface area contributed by atoms with Gasteiger partial charge in [-0.3, -0.25) is 0 Å². The first-order valence-electron chi connectivity index (χ1n) is 7.41. The lowest BCUT2D eigenvalue weighted by Gasteiger charge is -2.42. The van der Waals surface area contributed by atoms with Crippen molar-refractivity contribution in [1.82, 2.24) is 4.98 Å². The summed E-state index contributed by atoms with van der Waals surface area (Å²) in [7, 11) is 0. The molecule has 1 aromatic heterocycles. The molecule has 1 aliphatic carbocycles. The summed E-state index contributed by atoms with van der Waals surface area (Å²) in [6.07, 6.45) is 6.56. The minimum atomic E-state index is -0.487. The van der Waals surface area contributed by atoms with Crippen LogP contribution in [-0.4, -0.2) is 16.6 Å². The molecule has 1 heterocycles. The fraction of sp³-hybridized carbons (Fsp3) is 0.800. The number of hydrogen-bond donors (Lipinski definition) is 2. The van der Waals surface area contributed by atoms with Crippen molar-refractivity contribution in [3.63, 3.8) is 0 Å². The molecule has 0 amide bonds. The van der Waals surface area contributed by atoms with Gasteiger partial charge in [-0.2, -0.15) is 0 Å². The first-order chi connectivity index (χ1) is 9.11. The number of nitrogens with two attached hydrogens (primary N) is 1. The van der Waals surface area contributed by atoms with Crippen LogP contribution in [0.25, 0.3) is 0 Å². The van der Waals surface area contributed by atoms with Gasteiger partial charge in [0.05, 0.1) is 0 Å². The Balaban J connectivity index is 2.07. The van der Waals surface area contributed by atoms with E-state index in [9.17, 15) is 5.11 Å². The molecule has 2 rings (SSSR count). The van der Waals surface area contributed by atoms with Gasteiger partial charge in [-0.1, -0.05) is 19.8 Å². The van der Waals surface area contributed by atoms with Crippen LogP contribution in [0.5, 0.6) is 0 Å². The van der Waals surface area contributed by atoms with E-state index in [4.69, 9.17) is 5.73 Å². The lowest BCUT2D eigenvalue weighted by Crippen LogP contribution is -2.40. The molecule has 3 N–H and O–H groups in total. The molecule has 0 aromatic carbocycles. The highest BCUT2D eigenvalue weighted by molar-refractivity contribution is 7.09. The predicted octanol–water partition coefficient (Wildman–Crippen LogP) is 3.42. The van der Waals surface area contributed by atoms with E-state index in [0.717, 1.165) is 29.5 Å². The second-order valence-electron chi connectivity index (χ2n) is 6.03. The van der Waals surface area contributed by atoms with Gasteiger partial charge in [0.1, 0.15) is 11.1 Å². The fourth-order valence-electron chi connectivity index (χ4n) is 3.30. The molecule has 1 aliphatic rings. The number of thiazole rings is 1. The van der Waals surface area contributed by atoms with Crippen LogP contribution in [0.4, 0.5) is 0 Å². The Hall–Kier alpha value is -0.450. The minimum absolute atomic E-state index is 0.144. The summed E-state index contributed by atoms with van der Waals surface area (Å²) in [6.45, 7) is 4.78. The summed E-state index contributed by atoms with van der Waals surface area (Å²) >= 11 is 1.56. The van der Waals surface area contributed by atoms with E-state index in [0.29, 0.717) is 6.54 Å². The molecule has 1 unspecified atom stereocenters. The van der Waals surface area contributed by atoms with Crippen molar-refractivity contribution in [1.29, 1.82) is 0 Å². The maximum Gasteiger partial charge on any atom is 0.122 e. The van der Waals surface area contributed by atoms with Crippen LogP contribution in [0.15, 0.2) is 5.38 Å². The molecule has 0 saturated heterocycles. The van der Waals surface area contributed by atoms with E-state index >= 15 is 0 Å². The van der Waals surface area contributed by atoms with Gasteiger partial charge in [0.2, 0.25) is 0 Å². The molecule has 1 saturated carbocycles. The number of aromatic nitrogens is 1. The van der Waals surface area contributed by atoms with Crippen LogP contribution in [-0.2, 0) is 0 Å². The van der Waals surface area contributed by atoms with Crippen LogP contribution in [0.2, 0.25) is 0 Å². The zero-order valence-corrected chi connectivity index (χ0v) is 12.9. The highest BCUT2D eigenvalue weighted by Crippen LogP contribution is 2.48. The first kappa shape index (κ1) is 14.9. The second-order valence-corrected chi connectivity index (χ2v) is 6.92. The summed E-state index contributed by atoms with van der Waals surface area (Å²) in [4.78, 5) is 4.45. The Morgan fingerprint density at radius 2 is 2.21 bits per heavy atom. The molecule has 0 aliphatic heterocycles. The van der Waals surface area contributed by atoms with Crippen molar-refractivity contribution in [2.75, 3.05) is 6.54 Å². The lowest BCUT2D eigenvalue weighted by atomic mass is 9.66. The molecule has 1 atom stereocenters. The van der Waals surface area contributed by atoms with Crippen LogP contribution in [0, 0.1) is 18.3 Å². The van der Waals surface area contributed by atoms with E-state index in [1.807, 2.05) is 12.3 Å². The molecule has 0 radical (unpaired) electrons. The Bertz CT molecular complexity index is 397. The number of rotatable bonds is 5.